The van der Waals surface area contributed by atoms with Gasteiger partial charge in [0.2, 0.25) is 0 Å². The Labute approximate surface area is 153 Å². The van der Waals surface area contributed by atoms with E-state index in [9.17, 15) is 4.79 Å². The Hall–Kier alpha value is -2.74. The Morgan fingerprint density at radius 2 is 2.08 bits per heavy atom. The molecule has 1 amide bonds. The van der Waals surface area contributed by atoms with Crippen molar-refractivity contribution in [3.8, 4) is 11.5 Å². The van der Waals surface area contributed by atoms with Gasteiger partial charge in [-0.2, -0.15) is 0 Å². The van der Waals surface area contributed by atoms with Crippen LogP contribution in [0, 0.1) is 0 Å². The van der Waals surface area contributed by atoms with Gasteiger partial charge < -0.3 is 15.6 Å². The predicted molar refractivity (Wildman–Crippen MR) is 100 cm³/mol. The molecule has 0 saturated heterocycles. The molecule has 0 bridgehead atoms. The van der Waals surface area contributed by atoms with Crippen molar-refractivity contribution in [2.45, 2.75) is 19.9 Å². The second kappa shape index (κ2) is 7.02. The van der Waals surface area contributed by atoms with Crippen molar-refractivity contribution < 1.29 is 4.79 Å². The van der Waals surface area contributed by atoms with Gasteiger partial charge in [0.05, 0.1) is 5.56 Å². The number of benzene rings is 1. The molecule has 25 heavy (non-hydrogen) atoms. The quantitative estimate of drug-likeness (QED) is 0.652. The molecule has 0 fully saturated rings. The number of pyridine rings is 1. The van der Waals surface area contributed by atoms with Crippen LogP contribution in [0.25, 0.3) is 11.5 Å². The number of hydrogen-bond donors (Lipinski definition) is 2. The molecule has 1 aromatic carbocycles. The predicted octanol–water partition coefficient (Wildman–Crippen LogP) is 3.52. The van der Waals surface area contributed by atoms with E-state index in [0.29, 0.717) is 28.6 Å². The lowest BCUT2D eigenvalue weighted by atomic mass is 10.1. The average Bonchev–Trinajstić information content (AvgIpc) is 3.07. The van der Waals surface area contributed by atoms with Gasteiger partial charge >= 0.3 is 0 Å². The van der Waals surface area contributed by atoms with Gasteiger partial charge in [-0.15, -0.1) is 10.2 Å². The monoisotopic (exact) mass is 400 g/mol. The minimum absolute atomic E-state index is 0.200. The summed E-state index contributed by atoms with van der Waals surface area (Å²) in [5, 5.41) is 10.8. The van der Waals surface area contributed by atoms with E-state index in [1.807, 2.05) is 30.5 Å². The van der Waals surface area contributed by atoms with E-state index in [4.69, 9.17) is 5.73 Å². The third kappa shape index (κ3) is 3.69. The molecule has 8 heteroatoms. The third-order valence-corrected chi connectivity index (χ3v) is 4.10. The number of carbonyl (C=O) groups is 1. The van der Waals surface area contributed by atoms with Crippen LogP contribution in [0.5, 0.6) is 0 Å². The Kier molecular flexibility index (Phi) is 4.80. The van der Waals surface area contributed by atoms with Crippen LogP contribution in [0.15, 0.2) is 47.2 Å². The van der Waals surface area contributed by atoms with E-state index in [1.54, 1.807) is 30.6 Å². The van der Waals surface area contributed by atoms with E-state index in [-0.39, 0.29) is 11.9 Å². The molecule has 0 aliphatic rings. The first-order chi connectivity index (χ1) is 12.0. The zero-order valence-corrected chi connectivity index (χ0v) is 15.4. The highest BCUT2D eigenvalue weighted by Gasteiger charge is 2.14. The van der Waals surface area contributed by atoms with Gasteiger partial charge in [-0.3, -0.25) is 4.79 Å². The highest BCUT2D eigenvalue weighted by atomic mass is 79.9. The first-order valence-electron chi connectivity index (χ1n) is 7.69. The summed E-state index contributed by atoms with van der Waals surface area (Å²) in [5.41, 5.74) is 7.29. The lowest BCUT2D eigenvalue weighted by Gasteiger charge is -2.11. The van der Waals surface area contributed by atoms with Crippen molar-refractivity contribution >= 4 is 33.3 Å². The summed E-state index contributed by atoms with van der Waals surface area (Å²) in [7, 11) is 0. The van der Waals surface area contributed by atoms with Crippen LogP contribution in [0.1, 0.15) is 30.2 Å². The normalized spacial score (nSPS) is 10.9. The van der Waals surface area contributed by atoms with Crippen LogP contribution >= 0.6 is 15.9 Å². The maximum absolute atomic E-state index is 12.5. The van der Waals surface area contributed by atoms with Crippen molar-refractivity contribution in [3.63, 3.8) is 0 Å². The topological polar surface area (TPSA) is 98.7 Å². The maximum atomic E-state index is 12.5. The molecule has 0 aliphatic carbocycles. The van der Waals surface area contributed by atoms with E-state index in [2.05, 4.69) is 36.4 Å². The van der Waals surface area contributed by atoms with Gasteiger partial charge in [0, 0.05) is 16.2 Å². The minimum atomic E-state index is -0.325. The summed E-state index contributed by atoms with van der Waals surface area (Å²) in [4.78, 5) is 16.9. The van der Waals surface area contributed by atoms with Gasteiger partial charge in [0.1, 0.15) is 17.8 Å². The summed E-state index contributed by atoms with van der Waals surface area (Å²) >= 11 is 3.34. The Balaban J connectivity index is 1.88. The zero-order valence-electron chi connectivity index (χ0n) is 13.8. The molecule has 0 spiro atoms. The molecule has 3 rings (SSSR count). The Morgan fingerprint density at radius 3 is 2.84 bits per heavy atom. The molecule has 2 heterocycles. The van der Waals surface area contributed by atoms with Crippen LogP contribution in [0.3, 0.4) is 0 Å². The molecule has 0 atom stereocenters. The van der Waals surface area contributed by atoms with Crippen molar-refractivity contribution in [1.29, 1.82) is 0 Å². The van der Waals surface area contributed by atoms with Gasteiger partial charge in [-0.25, -0.2) is 4.98 Å². The van der Waals surface area contributed by atoms with E-state index < -0.39 is 0 Å². The number of halogens is 1. The van der Waals surface area contributed by atoms with Gasteiger partial charge in [-0.05, 0) is 44.2 Å². The van der Waals surface area contributed by atoms with E-state index in [0.717, 1.165) is 4.47 Å². The van der Waals surface area contributed by atoms with Crippen molar-refractivity contribution in [2.75, 3.05) is 11.1 Å². The number of nitrogens with zero attached hydrogens (tertiary/aromatic N) is 4. The number of amides is 1. The highest BCUT2D eigenvalue weighted by Crippen LogP contribution is 2.22. The number of aromatic nitrogens is 4. The molecule has 0 saturated carbocycles. The molecule has 0 radical (unpaired) electrons. The molecule has 0 aliphatic heterocycles. The molecule has 0 unspecified atom stereocenters. The van der Waals surface area contributed by atoms with Crippen LogP contribution in [0.4, 0.5) is 11.5 Å². The maximum Gasteiger partial charge on any atom is 0.258 e. The summed E-state index contributed by atoms with van der Waals surface area (Å²) < 4.78 is 2.69. The number of nitrogens with one attached hydrogen (secondary N) is 1. The summed E-state index contributed by atoms with van der Waals surface area (Å²) in [6, 6.07) is 10.7. The van der Waals surface area contributed by atoms with Crippen LogP contribution in [0.2, 0.25) is 0 Å². The van der Waals surface area contributed by atoms with Crippen LogP contribution in [-0.4, -0.2) is 25.7 Å². The number of anilines is 2. The van der Waals surface area contributed by atoms with Gasteiger partial charge in [0.15, 0.2) is 5.82 Å². The number of hydrogen-bond acceptors (Lipinski definition) is 5. The summed E-state index contributed by atoms with van der Waals surface area (Å²) in [6.45, 7) is 4.07. The number of nitrogen functional groups attached to an aromatic ring is 1. The SMILES string of the molecule is CC(C)n1cnnc1-c1cccc(NC(=O)c2cc(Br)ccc2N)n1. The van der Waals surface area contributed by atoms with E-state index in [1.165, 1.54) is 0 Å². The summed E-state index contributed by atoms with van der Waals surface area (Å²) in [6.07, 6.45) is 1.66. The van der Waals surface area contributed by atoms with Crippen LogP contribution < -0.4 is 11.1 Å². The third-order valence-electron chi connectivity index (χ3n) is 3.61. The molecular weight excluding hydrogens is 384 g/mol. The minimum Gasteiger partial charge on any atom is -0.398 e. The fourth-order valence-corrected chi connectivity index (χ4v) is 2.70. The smallest absolute Gasteiger partial charge is 0.258 e. The number of carbonyl (C=O) groups excluding carboxylic acids is 1. The Bertz CT molecular complexity index is 921. The molecule has 3 aromatic rings. The fraction of sp³-hybridized carbons (Fsp3) is 0.176. The molecule has 3 N–H and O–H groups in total. The molecular formula is C17H17BrN6O. The molecule has 7 nitrogen and oxygen atoms in total. The number of rotatable bonds is 4. The molecule has 128 valence electrons. The van der Waals surface area contributed by atoms with Crippen molar-refractivity contribution in [3.05, 3.63) is 52.8 Å². The lowest BCUT2D eigenvalue weighted by Crippen LogP contribution is -2.15. The van der Waals surface area contributed by atoms with Crippen molar-refractivity contribution in [1.82, 2.24) is 19.7 Å². The largest absolute Gasteiger partial charge is 0.398 e. The Morgan fingerprint density at radius 1 is 1.28 bits per heavy atom. The summed E-state index contributed by atoms with van der Waals surface area (Å²) in [5.74, 6) is 0.738. The van der Waals surface area contributed by atoms with Crippen LogP contribution in [-0.2, 0) is 0 Å². The second-order valence-electron chi connectivity index (χ2n) is 5.75. The van der Waals surface area contributed by atoms with Gasteiger partial charge in [-0.1, -0.05) is 22.0 Å². The number of nitrogens with two attached hydrogens (primary N) is 1. The average molecular weight is 401 g/mol. The second-order valence-corrected chi connectivity index (χ2v) is 6.67. The first-order valence-corrected chi connectivity index (χ1v) is 8.48. The standard InChI is InChI=1S/C17H17BrN6O/c1-10(2)24-9-20-23-16(24)14-4-3-5-15(21-14)22-17(25)12-8-11(18)6-7-13(12)19/h3-10H,19H2,1-2H3,(H,21,22,25). The zero-order chi connectivity index (χ0) is 18.0. The highest BCUT2D eigenvalue weighted by molar-refractivity contribution is 9.10. The van der Waals surface area contributed by atoms with E-state index >= 15 is 0 Å². The lowest BCUT2D eigenvalue weighted by molar-refractivity contribution is 0.102. The fourth-order valence-electron chi connectivity index (χ4n) is 2.34. The molecule has 2 aromatic heterocycles. The van der Waals surface area contributed by atoms with Crippen molar-refractivity contribution in [2.24, 2.45) is 0 Å². The van der Waals surface area contributed by atoms with Gasteiger partial charge in [0.25, 0.3) is 5.91 Å². The first kappa shape index (κ1) is 17.1.